The van der Waals surface area contributed by atoms with Crippen LogP contribution in [-0.2, 0) is 6.42 Å². The summed E-state index contributed by atoms with van der Waals surface area (Å²) in [6.07, 6.45) is 2.87. The zero-order valence-corrected chi connectivity index (χ0v) is 13.3. The van der Waals surface area contributed by atoms with Gasteiger partial charge in [-0.1, -0.05) is 36.3 Å². The van der Waals surface area contributed by atoms with E-state index in [1.54, 1.807) is 0 Å². The summed E-state index contributed by atoms with van der Waals surface area (Å²) >= 11 is 7.01. The van der Waals surface area contributed by atoms with Crippen LogP contribution >= 0.6 is 22.9 Å². The number of hydrogen-bond acceptors (Lipinski definition) is 6. The number of amides is 1. The second-order valence-electron chi connectivity index (χ2n) is 4.48. The van der Waals surface area contributed by atoms with E-state index in [-0.39, 0.29) is 16.3 Å². The summed E-state index contributed by atoms with van der Waals surface area (Å²) in [6.45, 7) is 2.08. The van der Waals surface area contributed by atoms with E-state index in [1.165, 1.54) is 23.5 Å². The third-order valence-electron chi connectivity index (χ3n) is 2.84. The van der Waals surface area contributed by atoms with E-state index in [4.69, 9.17) is 11.6 Å². The average Bonchev–Trinajstić information content (AvgIpc) is 2.92. The van der Waals surface area contributed by atoms with Crippen LogP contribution in [0.3, 0.4) is 0 Å². The summed E-state index contributed by atoms with van der Waals surface area (Å²) < 4.78 is 0. The van der Waals surface area contributed by atoms with Crippen LogP contribution in [0.15, 0.2) is 18.2 Å². The first-order valence-corrected chi connectivity index (χ1v) is 7.78. The number of aromatic nitrogens is 2. The van der Waals surface area contributed by atoms with Gasteiger partial charge >= 0.3 is 0 Å². The van der Waals surface area contributed by atoms with Crippen molar-refractivity contribution in [3.05, 3.63) is 43.9 Å². The first-order chi connectivity index (χ1) is 10.5. The Morgan fingerprint density at radius 2 is 2.23 bits per heavy atom. The van der Waals surface area contributed by atoms with E-state index >= 15 is 0 Å². The molecule has 0 atom stereocenters. The molecule has 22 heavy (non-hydrogen) atoms. The summed E-state index contributed by atoms with van der Waals surface area (Å²) in [4.78, 5) is 22.3. The lowest BCUT2D eigenvalue weighted by atomic mass is 10.2. The molecular weight excluding hydrogens is 328 g/mol. The normalized spacial score (nSPS) is 10.5. The zero-order valence-electron chi connectivity index (χ0n) is 11.7. The maximum Gasteiger partial charge on any atom is 0.288 e. The predicted octanol–water partition coefficient (Wildman–Crippen LogP) is 3.69. The maximum atomic E-state index is 12.1. The summed E-state index contributed by atoms with van der Waals surface area (Å²) in [5.41, 5.74) is -0.170. The highest BCUT2D eigenvalue weighted by Crippen LogP contribution is 2.26. The second-order valence-corrected chi connectivity index (χ2v) is 5.95. The molecule has 0 aliphatic heterocycles. The number of nitro groups is 1. The molecule has 0 saturated heterocycles. The predicted molar refractivity (Wildman–Crippen MR) is 84.6 cm³/mol. The van der Waals surface area contributed by atoms with Crippen LogP contribution in [0.5, 0.6) is 0 Å². The molecule has 1 aromatic carbocycles. The Balaban J connectivity index is 2.10. The molecule has 7 nitrogen and oxygen atoms in total. The van der Waals surface area contributed by atoms with Crippen molar-refractivity contribution in [2.45, 2.75) is 26.2 Å². The minimum Gasteiger partial charge on any atom is -0.296 e. The Bertz CT molecular complexity index is 704. The monoisotopic (exact) mass is 340 g/mol. The standard InChI is InChI=1S/C13H13ClN4O3S/c1-2-3-4-11-16-17-13(22-11)15-12(19)8-5-6-9(14)10(7-8)18(20)21/h5-7H,2-4H2,1H3,(H,15,17,19). The van der Waals surface area contributed by atoms with Crippen molar-refractivity contribution in [2.24, 2.45) is 0 Å². The van der Waals surface area contributed by atoms with E-state index in [0.29, 0.717) is 5.13 Å². The van der Waals surface area contributed by atoms with E-state index in [2.05, 4.69) is 22.4 Å². The second kappa shape index (κ2) is 7.28. The van der Waals surface area contributed by atoms with Crippen molar-refractivity contribution in [1.82, 2.24) is 10.2 Å². The molecule has 0 unspecified atom stereocenters. The fraction of sp³-hybridized carbons (Fsp3) is 0.308. The maximum absolute atomic E-state index is 12.1. The van der Waals surface area contributed by atoms with Gasteiger partial charge in [0.25, 0.3) is 11.6 Å². The van der Waals surface area contributed by atoms with Crippen LogP contribution in [0.25, 0.3) is 0 Å². The Morgan fingerprint density at radius 1 is 1.45 bits per heavy atom. The molecule has 0 aliphatic carbocycles. The Morgan fingerprint density at radius 3 is 2.91 bits per heavy atom. The van der Waals surface area contributed by atoms with Gasteiger partial charge in [-0.25, -0.2) is 0 Å². The average molecular weight is 341 g/mol. The van der Waals surface area contributed by atoms with Gasteiger partial charge in [-0.2, -0.15) is 0 Å². The highest BCUT2D eigenvalue weighted by Gasteiger charge is 2.17. The first-order valence-electron chi connectivity index (χ1n) is 6.59. The molecule has 1 heterocycles. The van der Waals surface area contributed by atoms with E-state index in [0.717, 1.165) is 30.3 Å². The van der Waals surface area contributed by atoms with Crippen molar-refractivity contribution in [3.63, 3.8) is 0 Å². The van der Waals surface area contributed by atoms with E-state index < -0.39 is 10.8 Å². The van der Waals surface area contributed by atoms with Crippen molar-refractivity contribution in [1.29, 1.82) is 0 Å². The van der Waals surface area contributed by atoms with Crippen molar-refractivity contribution in [3.8, 4) is 0 Å². The molecule has 0 bridgehead atoms. The highest BCUT2D eigenvalue weighted by molar-refractivity contribution is 7.15. The van der Waals surface area contributed by atoms with Crippen LogP contribution in [0.1, 0.15) is 35.1 Å². The van der Waals surface area contributed by atoms with Crippen LogP contribution in [0.4, 0.5) is 10.8 Å². The summed E-state index contributed by atoms with van der Waals surface area (Å²) in [5.74, 6) is -0.488. The molecule has 2 aromatic rings. The van der Waals surface area contributed by atoms with Gasteiger partial charge in [0.15, 0.2) is 0 Å². The molecule has 0 radical (unpaired) electrons. The summed E-state index contributed by atoms with van der Waals surface area (Å²) in [5, 5.41) is 22.5. The Hall–Kier alpha value is -2.06. The quantitative estimate of drug-likeness (QED) is 0.638. The van der Waals surface area contributed by atoms with Gasteiger partial charge in [0.2, 0.25) is 5.13 Å². The number of anilines is 1. The zero-order chi connectivity index (χ0) is 16.1. The lowest BCUT2D eigenvalue weighted by Gasteiger charge is -2.02. The van der Waals surface area contributed by atoms with Gasteiger partial charge in [-0.05, 0) is 18.6 Å². The molecule has 1 N–H and O–H groups in total. The molecule has 1 amide bonds. The number of nitro benzene ring substituents is 1. The number of hydrogen-bond donors (Lipinski definition) is 1. The van der Waals surface area contributed by atoms with Crippen LogP contribution in [0.2, 0.25) is 5.02 Å². The van der Waals surface area contributed by atoms with Crippen molar-refractivity contribution < 1.29 is 9.72 Å². The first kappa shape index (κ1) is 16.3. The minimum absolute atomic E-state index is 0.0145. The smallest absolute Gasteiger partial charge is 0.288 e. The fourth-order valence-electron chi connectivity index (χ4n) is 1.70. The molecule has 2 rings (SSSR count). The van der Waals surface area contributed by atoms with Crippen molar-refractivity contribution >= 4 is 39.7 Å². The number of carbonyl (C=O) groups excluding carboxylic acids is 1. The molecule has 0 saturated carbocycles. The van der Waals surface area contributed by atoms with E-state index in [9.17, 15) is 14.9 Å². The third-order valence-corrected chi connectivity index (χ3v) is 4.05. The molecule has 1 aromatic heterocycles. The fourth-order valence-corrected chi connectivity index (χ4v) is 2.66. The van der Waals surface area contributed by atoms with Gasteiger partial charge in [0, 0.05) is 18.1 Å². The number of rotatable bonds is 6. The number of nitrogens with one attached hydrogen (secondary N) is 1. The number of nitrogens with zero attached hydrogens (tertiary/aromatic N) is 3. The molecular formula is C13H13ClN4O3S. The minimum atomic E-state index is -0.632. The van der Waals surface area contributed by atoms with Gasteiger partial charge in [-0.3, -0.25) is 20.2 Å². The molecule has 9 heteroatoms. The summed E-state index contributed by atoms with van der Waals surface area (Å²) in [7, 11) is 0. The van der Waals surface area contributed by atoms with E-state index in [1.807, 2.05) is 0 Å². The Kier molecular flexibility index (Phi) is 5.40. The number of unbranched alkanes of at least 4 members (excludes halogenated alkanes) is 1. The van der Waals surface area contributed by atoms with Crippen LogP contribution in [-0.4, -0.2) is 21.0 Å². The van der Waals surface area contributed by atoms with Crippen LogP contribution < -0.4 is 5.32 Å². The number of benzene rings is 1. The van der Waals surface area contributed by atoms with Gasteiger partial charge in [0.05, 0.1) is 4.92 Å². The molecule has 0 spiro atoms. The molecule has 116 valence electrons. The topological polar surface area (TPSA) is 98.0 Å². The molecule has 0 aliphatic rings. The number of aryl methyl sites for hydroxylation is 1. The highest BCUT2D eigenvalue weighted by atomic mass is 35.5. The number of carbonyl (C=O) groups is 1. The van der Waals surface area contributed by atoms with Crippen molar-refractivity contribution in [2.75, 3.05) is 5.32 Å². The van der Waals surface area contributed by atoms with Gasteiger partial charge in [0.1, 0.15) is 10.0 Å². The lowest BCUT2D eigenvalue weighted by molar-refractivity contribution is -0.384. The lowest BCUT2D eigenvalue weighted by Crippen LogP contribution is -2.12. The SMILES string of the molecule is CCCCc1nnc(NC(=O)c2ccc(Cl)c([N+](=O)[O-])c2)s1. The number of halogens is 1. The largest absolute Gasteiger partial charge is 0.296 e. The summed E-state index contributed by atoms with van der Waals surface area (Å²) in [6, 6.07) is 3.88. The molecule has 0 fully saturated rings. The third kappa shape index (κ3) is 3.99. The van der Waals surface area contributed by atoms with Crippen LogP contribution in [0, 0.1) is 10.1 Å². The Labute approximate surface area is 135 Å². The van der Waals surface area contributed by atoms with Gasteiger partial charge < -0.3 is 0 Å². The van der Waals surface area contributed by atoms with Gasteiger partial charge in [-0.15, -0.1) is 10.2 Å².